The molecule has 0 N–H and O–H groups in total. The number of benzene rings is 2. The van der Waals surface area contributed by atoms with E-state index in [1.807, 2.05) is 13.0 Å². The second-order valence-electron chi connectivity index (χ2n) is 4.30. The van der Waals surface area contributed by atoms with Crippen molar-refractivity contribution in [1.82, 2.24) is 0 Å². The fourth-order valence-electron chi connectivity index (χ4n) is 1.72. The van der Waals surface area contributed by atoms with Crippen LogP contribution in [-0.2, 0) is 4.79 Å². The van der Waals surface area contributed by atoms with Gasteiger partial charge >= 0.3 is 11.9 Å². The monoisotopic (exact) mass is 270 g/mol. The lowest BCUT2D eigenvalue weighted by Gasteiger charge is -2.09. The summed E-state index contributed by atoms with van der Waals surface area (Å²) in [7, 11) is 0. The molecule has 0 spiro atoms. The van der Waals surface area contributed by atoms with Gasteiger partial charge in [0.15, 0.2) is 0 Å². The van der Waals surface area contributed by atoms with Crippen molar-refractivity contribution in [1.29, 1.82) is 0 Å². The second-order valence-corrected chi connectivity index (χ2v) is 4.30. The van der Waals surface area contributed by atoms with E-state index in [9.17, 15) is 9.59 Å². The van der Waals surface area contributed by atoms with E-state index in [2.05, 4.69) is 0 Å². The summed E-state index contributed by atoms with van der Waals surface area (Å²) in [5, 5.41) is 0. The minimum absolute atomic E-state index is 0.192. The number of carbonyl (C=O) groups excluding carboxylic acids is 2. The maximum Gasteiger partial charge on any atom is 0.347 e. The molecular weight excluding hydrogens is 256 g/mol. The highest BCUT2D eigenvalue weighted by molar-refractivity contribution is 5.94. The molecule has 0 saturated carbocycles. The maximum atomic E-state index is 12.1. The Bertz CT molecular complexity index is 646. The van der Waals surface area contributed by atoms with Crippen molar-refractivity contribution in [2.45, 2.75) is 13.8 Å². The van der Waals surface area contributed by atoms with Crippen LogP contribution in [-0.4, -0.2) is 11.9 Å². The lowest BCUT2D eigenvalue weighted by Crippen LogP contribution is -2.12. The summed E-state index contributed by atoms with van der Waals surface area (Å²) in [6.45, 7) is 3.19. The Balaban J connectivity index is 2.23. The zero-order valence-electron chi connectivity index (χ0n) is 11.3. The molecule has 0 atom stereocenters. The third-order valence-electron chi connectivity index (χ3n) is 2.56. The second kappa shape index (κ2) is 6.02. The first-order valence-corrected chi connectivity index (χ1v) is 6.12. The lowest BCUT2D eigenvalue weighted by atomic mass is 10.2. The Morgan fingerprint density at radius 3 is 2.40 bits per heavy atom. The van der Waals surface area contributed by atoms with Crippen LogP contribution >= 0.6 is 0 Å². The van der Waals surface area contributed by atoms with Gasteiger partial charge in [-0.05, 0) is 36.8 Å². The molecule has 0 unspecified atom stereocenters. The van der Waals surface area contributed by atoms with Crippen LogP contribution in [0.3, 0.4) is 0 Å². The van der Waals surface area contributed by atoms with Gasteiger partial charge in [0.05, 0.1) is 0 Å². The van der Waals surface area contributed by atoms with Crippen LogP contribution in [0.4, 0.5) is 0 Å². The summed E-state index contributed by atoms with van der Waals surface area (Å²) in [6, 6.07) is 13.6. The fourth-order valence-corrected chi connectivity index (χ4v) is 1.72. The third-order valence-corrected chi connectivity index (χ3v) is 2.56. The topological polar surface area (TPSA) is 52.6 Å². The molecule has 4 nitrogen and oxygen atoms in total. The zero-order chi connectivity index (χ0) is 14.5. The highest BCUT2D eigenvalue weighted by atomic mass is 16.5. The van der Waals surface area contributed by atoms with E-state index in [4.69, 9.17) is 9.47 Å². The van der Waals surface area contributed by atoms with Crippen LogP contribution in [0, 0.1) is 6.92 Å². The summed E-state index contributed by atoms with van der Waals surface area (Å²) in [4.78, 5) is 23.1. The molecule has 0 bridgehead atoms. The summed E-state index contributed by atoms with van der Waals surface area (Å²) in [5.41, 5.74) is 1.20. The predicted octanol–water partition coefficient (Wildman–Crippen LogP) is 3.14. The molecule has 0 fully saturated rings. The van der Waals surface area contributed by atoms with E-state index < -0.39 is 11.9 Å². The molecule has 2 aromatic carbocycles. The average molecular weight is 270 g/mol. The van der Waals surface area contributed by atoms with Gasteiger partial charge in [0.2, 0.25) is 0 Å². The Morgan fingerprint density at radius 1 is 0.950 bits per heavy atom. The van der Waals surface area contributed by atoms with E-state index in [1.54, 1.807) is 42.5 Å². The van der Waals surface area contributed by atoms with Gasteiger partial charge in [0, 0.05) is 6.92 Å². The number of aryl methyl sites for hydroxylation is 1. The van der Waals surface area contributed by atoms with Crippen molar-refractivity contribution in [2.24, 2.45) is 0 Å². The average Bonchev–Trinajstić information content (AvgIpc) is 2.38. The maximum absolute atomic E-state index is 12.1. The molecule has 0 heterocycles. The molecule has 0 aliphatic carbocycles. The molecule has 20 heavy (non-hydrogen) atoms. The number of hydrogen-bond acceptors (Lipinski definition) is 4. The first-order valence-electron chi connectivity index (χ1n) is 6.12. The van der Waals surface area contributed by atoms with Crippen molar-refractivity contribution < 1.29 is 19.1 Å². The predicted molar refractivity (Wildman–Crippen MR) is 73.9 cm³/mol. The molecule has 0 radical (unpaired) electrons. The van der Waals surface area contributed by atoms with Crippen LogP contribution in [0.5, 0.6) is 11.5 Å². The first kappa shape index (κ1) is 13.8. The molecule has 0 aliphatic heterocycles. The number of carbonyl (C=O) groups is 2. The van der Waals surface area contributed by atoms with Crippen LogP contribution in [0.2, 0.25) is 0 Å². The van der Waals surface area contributed by atoms with Gasteiger partial charge in [-0.1, -0.05) is 24.3 Å². The van der Waals surface area contributed by atoms with Crippen LogP contribution in [0.25, 0.3) is 0 Å². The number of ether oxygens (including phenoxy) is 2. The smallest absolute Gasteiger partial charge is 0.347 e. The molecule has 0 amide bonds. The van der Waals surface area contributed by atoms with E-state index in [1.165, 1.54) is 6.92 Å². The Labute approximate surface area is 116 Å². The van der Waals surface area contributed by atoms with Crippen molar-refractivity contribution in [3.8, 4) is 11.5 Å². The summed E-state index contributed by atoms with van der Waals surface area (Å²) >= 11 is 0. The van der Waals surface area contributed by atoms with Gasteiger partial charge in [-0.25, -0.2) is 4.79 Å². The minimum Gasteiger partial charge on any atom is -0.426 e. The molecular formula is C16H14O4. The molecule has 0 aliphatic rings. The van der Waals surface area contributed by atoms with Gasteiger partial charge in [0.1, 0.15) is 17.1 Å². The van der Waals surface area contributed by atoms with Gasteiger partial charge in [0.25, 0.3) is 0 Å². The van der Waals surface area contributed by atoms with Crippen molar-refractivity contribution in [3.63, 3.8) is 0 Å². The van der Waals surface area contributed by atoms with E-state index in [0.717, 1.165) is 5.56 Å². The molecule has 0 saturated heterocycles. The zero-order valence-corrected chi connectivity index (χ0v) is 11.3. The van der Waals surface area contributed by atoms with Gasteiger partial charge in [-0.2, -0.15) is 0 Å². The quantitative estimate of drug-likeness (QED) is 0.635. The Hall–Kier alpha value is -2.62. The Kier molecular flexibility index (Phi) is 4.15. The van der Waals surface area contributed by atoms with Crippen molar-refractivity contribution in [2.75, 3.05) is 0 Å². The molecule has 102 valence electrons. The van der Waals surface area contributed by atoms with Gasteiger partial charge in [-0.3, -0.25) is 4.79 Å². The van der Waals surface area contributed by atoms with Gasteiger partial charge < -0.3 is 9.47 Å². The molecule has 4 heteroatoms. The lowest BCUT2D eigenvalue weighted by molar-refractivity contribution is -0.131. The number of esters is 2. The highest BCUT2D eigenvalue weighted by Crippen LogP contribution is 2.21. The summed E-state index contributed by atoms with van der Waals surface area (Å²) in [5.74, 6) is -0.404. The number of hydrogen-bond donors (Lipinski definition) is 0. The summed E-state index contributed by atoms with van der Waals surface area (Å²) in [6.07, 6.45) is 0. The first-order chi connectivity index (χ1) is 9.56. The SMILES string of the molecule is CC(=O)Oc1ccccc1C(=O)Oc1cccc(C)c1. The Morgan fingerprint density at radius 2 is 1.70 bits per heavy atom. The summed E-state index contributed by atoms with van der Waals surface area (Å²) < 4.78 is 10.3. The normalized spacial score (nSPS) is 9.90. The van der Waals surface area contributed by atoms with Crippen molar-refractivity contribution in [3.05, 3.63) is 59.7 Å². The largest absolute Gasteiger partial charge is 0.426 e. The number of para-hydroxylation sites is 1. The van der Waals surface area contributed by atoms with Crippen molar-refractivity contribution >= 4 is 11.9 Å². The third kappa shape index (κ3) is 3.45. The minimum atomic E-state index is -0.563. The fraction of sp³-hybridized carbons (Fsp3) is 0.125. The van der Waals surface area contributed by atoms with E-state index >= 15 is 0 Å². The van der Waals surface area contributed by atoms with E-state index in [-0.39, 0.29) is 11.3 Å². The molecule has 2 aromatic rings. The van der Waals surface area contributed by atoms with Crippen LogP contribution in [0.1, 0.15) is 22.8 Å². The standard InChI is InChI=1S/C16H14O4/c1-11-6-5-7-13(10-11)20-16(18)14-8-3-4-9-15(14)19-12(2)17/h3-10H,1-2H3. The molecule has 0 aromatic heterocycles. The number of rotatable bonds is 3. The van der Waals surface area contributed by atoms with E-state index in [0.29, 0.717) is 5.75 Å². The highest BCUT2D eigenvalue weighted by Gasteiger charge is 2.15. The van der Waals surface area contributed by atoms with Crippen LogP contribution in [0.15, 0.2) is 48.5 Å². The van der Waals surface area contributed by atoms with Crippen LogP contribution < -0.4 is 9.47 Å². The molecule has 2 rings (SSSR count). The van der Waals surface area contributed by atoms with Gasteiger partial charge in [-0.15, -0.1) is 0 Å².